The number of hydrogen-bond donors (Lipinski definition) is 1. The zero-order valence-electron chi connectivity index (χ0n) is 9.97. The van der Waals surface area contributed by atoms with E-state index in [-0.39, 0.29) is 5.75 Å². The van der Waals surface area contributed by atoms with Crippen LogP contribution < -0.4 is 4.74 Å². The maximum atomic E-state index is 11.4. The molecular formula is C13H16O4. The van der Waals surface area contributed by atoms with E-state index in [1.165, 1.54) is 12.3 Å². The summed E-state index contributed by atoms with van der Waals surface area (Å²) in [6.07, 6.45) is 2.05. The van der Waals surface area contributed by atoms with Crippen LogP contribution in [-0.4, -0.2) is 17.7 Å². The van der Waals surface area contributed by atoms with Gasteiger partial charge in [-0.3, -0.25) is 0 Å². The standard InChI is InChI=1S/C13H16O4/c1-3-8-16-13(15)10(2)9-17-12-7-5-4-6-11(12)14/h4-7,9,14H,3,8H2,1-2H3. The summed E-state index contributed by atoms with van der Waals surface area (Å²) in [7, 11) is 0. The molecule has 0 saturated heterocycles. The van der Waals surface area contributed by atoms with Gasteiger partial charge in [0, 0.05) is 0 Å². The zero-order chi connectivity index (χ0) is 12.7. The van der Waals surface area contributed by atoms with Crippen molar-refractivity contribution in [3.8, 4) is 11.5 Å². The fourth-order valence-electron chi connectivity index (χ4n) is 1.07. The van der Waals surface area contributed by atoms with Crippen LogP contribution >= 0.6 is 0 Å². The van der Waals surface area contributed by atoms with E-state index in [9.17, 15) is 9.90 Å². The minimum atomic E-state index is -0.415. The molecule has 0 spiro atoms. The van der Waals surface area contributed by atoms with E-state index in [0.717, 1.165) is 6.42 Å². The Hall–Kier alpha value is -1.97. The number of carbonyl (C=O) groups is 1. The molecule has 0 aliphatic heterocycles. The number of rotatable bonds is 5. The first-order valence-electron chi connectivity index (χ1n) is 5.43. The van der Waals surface area contributed by atoms with E-state index in [0.29, 0.717) is 17.9 Å². The third kappa shape index (κ3) is 4.18. The molecule has 1 aromatic carbocycles. The predicted octanol–water partition coefficient (Wildman–Crippen LogP) is 2.63. The fourth-order valence-corrected chi connectivity index (χ4v) is 1.07. The molecule has 0 atom stereocenters. The summed E-state index contributed by atoms with van der Waals surface area (Å²) < 4.78 is 10.1. The summed E-state index contributed by atoms with van der Waals surface area (Å²) in [5.74, 6) is -0.0871. The second kappa shape index (κ2) is 6.58. The molecule has 4 heteroatoms. The summed E-state index contributed by atoms with van der Waals surface area (Å²) in [5.41, 5.74) is 0.349. The van der Waals surface area contributed by atoms with Crippen molar-refractivity contribution in [1.29, 1.82) is 0 Å². The van der Waals surface area contributed by atoms with Gasteiger partial charge in [-0.1, -0.05) is 19.1 Å². The Kier molecular flexibility index (Phi) is 5.07. The van der Waals surface area contributed by atoms with Crippen molar-refractivity contribution in [2.75, 3.05) is 6.61 Å². The Morgan fingerprint density at radius 1 is 1.41 bits per heavy atom. The van der Waals surface area contributed by atoms with E-state index in [2.05, 4.69) is 0 Å². The van der Waals surface area contributed by atoms with Crippen molar-refractivity contribution in [1.82, 2.24) is 0 Å². The van der Waals surface area contributed by atoms with E-state index >= 15 is 0 Å². The molecule has 1 rings (SSSR count). The largest absolute Gasteiger partial charge is 0.504 e. The number of benzene rings is 1. The molecule has 1 aromatic rings. The number of hydrogen-bond acceptors (Lipinski definition) is 4. The summed E-state index contributed by atoms with van der Waals surface area (Å²) in [6, 6.07) is 6.53. The lowest BCUT2D eigenvalue weighted by molar-refractivity contribution is -0.139. The predicted molar refractivity (Wildman–Crippen MR) is 63.7 cm³/mol. The van der Waals surface area contributed by atoms with Gasteiger partial charge in [-0.25, -0.2) is 4.79 Å². The number of carbonyl (C=O) groups excluding carboxylic acids is 1. The summed E-state index contributed by atoms with van der Waals surface area (Å²) >= 11 is 0. The van der Waals surface area contributed by atoms with Gasteiger partial charge in [0.25, 0.3) is 0 Å². The average Bonchev–Trinajstić information content (AvgIpc) is 2.34. The third-order valence-corrected chi connectivity index (χ3v) is 1.99. The monoisotopic (exact) mass is 236 g/mol. The molecule has 0 heterocycles. The van der Waals surface area contributed by atoms with Crippen LogP contribution in [0.5, 0.6) is 11.5 Å². The van der Waals surface area contributed by atoms with Gasteiger partial charge in [0.15, 0.2) is 11.5 Å². The number of ether oxygens (including phenoxy) is 2. The Bertz CT molecular complexity index is 410. The summed E-state index contributed by atoms with van der Waals surface area (Å²) in [6.45, 7) is 3.91. The molecule has 0 amide bonds. The van der Waals surface area contributed by atoms with Crippen LogP contribution in [0.1, 0.15) is 20.3 Å². The molecule has 0 radical (unpaired) electrons. The van der Waals surface area contributed by atoms with Crippen molar-refractivity contribution in [3.05, 3.63) is 36.1 Å². The number of para-hydroxylation sites is 2. The molecule has 0 aliphatic carbocycles. The first-order chi connectivity index (χ1) is 8.15. The summed E-state index contributed by atoms with van der Waals surface area (Å²) in [5, 5.41) is 9.43. The van der Waals surface area contributed by atoms with Crippen molar-refractivity contribution in [3.63, 3.8) is 0 Å². The summed E-state index contributed by atoms with van der Waals surface area (Å²) in [4.78, 5) is 11.4. The molecule has 1 N–H and O–H groups in total. The van der Waals surface area contributed by atoms with Crippen LogP contribution in [0.15, 0.2) is 36.1 Å². The Labute approximate surface area is 100 Å². The lowest BCUT2D eigenvalue weighted by atomic mass is 10.3. The van der Waals surface area contributed by atoms with Crippen molar-refractivity contribution in [2.24, 2.45) is 0 Å². The lowest BCUT2D eigenvalue weighted by Gasteiger charge is -2.05. The van der Waals surface area contributed by atoms with Gasteiger partial charge in [0.05, 0.1) is 12.2 Å². The maximum absolute atomic E-state index is 11.4. The molecule has 17 heavy (non-hydrogen) atoms. The highest BCUT2D eigenvalue weighted by Crippen LogP contribution is 2.24. The van der Waals surface area contributed by atoms with Crippen molar-refractivity contribution >= 4 is 5.97 Å². The van der Waals surface area contributed by atoms with Gasteiger partial charge in [0.1, 0.15) is 6.26 Å². The minimum Gasteiger partial charge on any atom is -0.504 e. The van der Waals surface area contributed by atoms with E-state index in [1.54, 1.807) is 25.1 Å². The van der Waals surface area contributed by atoms with Gasteiger partial charge in [-0.05, 0) is 25.5 Å². The Morgan fingerprint density at radius 2 is 2.12 bits per heavy atom. The minimum absolute atomic E-state index is 0.0264. The van der Waals surface area contributed by atoms with Crippen LogP contribution in [0, 0.1) is 0 Å². The van der Waals surface area contributed by atoms with Crippen LogP contribution in [0.3, 0.4) is 0 Å². The topological polar surface area (TPSA) is 55.8 Å². The number of phenolic OH excluding ortho intramolecular Hbond substituents is 1. The highest BCUT2D eigenvalue weighted by molar-refractivity contribution is 5.87. The highest BCUT2D eigenvalue weighted by Gasteiger charge is 2.06. The van der Waals surface area contributed by atoms with Crippen LogP contribution in [-0.2, 0) is 9.53 Å². The molecule has 0 unspecified atom stereocenters. The highest BCUT2D eigenvalue weighted by atomic mass is 16.5. The fraction of sp³-hybridized carbons (Fsp3) is 0.308. The number of esters is 1. The normalized spacial score (nSPS) is 11.1. The van der Waals surface area contributed by atoms with Gasteiger partial charge in [0.2, 0.25) is 0 Å². The van der Waals surface area contributed by atoms with E-state index in [4.69, 9.17) is 9.47 Å². The van der Waals surface area contributed by atoms with Gasteiger partial charge in [-0.15, -0.1) is 0 Å². The Morgan fingerprint density at radius 3 is 2.76 bits per heavy atom. The molecule has 4 nitrogen and oxygen atoms in total. The second-order valence-corrected chi connectivity index (χ2v) is 3.52. The van der Waals surface area contributed by atoms with Crippen LogP contribution in [0.4, 0.5) is 0 Å². The Balaban J connectivity index is 2.59. The molecule has 0 aliphatic rings. The third-order valence-electron chi connectivity index (χ3n) is 1.99. The van der Waals surface area contributed by atoms with Crippen LogP contribution in [0.2, 0.25) is 0 Å². The van der Waals surface area contributed by atoms with Crippen molar-refractivity contribution < 1.29 is 19.4 Å². The molecule has 0 fully saturated rings. The van der Waals surface area contributed by atoms with Gasteiger partial charge >= 0.3 is 5.97 Å². The SMILES string of the molecule is CCCOC(=O)C(C)=COc1ccccc1O. The maximum Gasteiger partial charge on any atom is 0.336 e. The molecule has 0 bridgehead atoms. The van der Waals surface area contributed by atoms with Crippen molar-refractivity contribution in [2.45, 2.75) is 20.3 Å². The molecular weight excluding hydrogens is 220 g/mol. The number of phenols is 1. The first-order valence-corrected chi connectivity index (χ1v) is 5.43. The van der Waals surface area contributed by atoms with Crippen LogP contribution in [0.25, 0.3) is 0 Å². The quantitative estimate of drug-likeness (QED) is 0.485. The molecule has 92 valence electrons. The number of aromatic hydroxyl groups is 1. The van der Waals surface area contributed by atoms with Gasteiger partial charge < -0.3 is 14.6 Å². The average molecular weight is 236 g/mol. The van der Waals surface area contributed by atoms with E-state index in [1.807, 2.05) is 6.92 Å². The molecule has 0 saturated carbocycles. The van der Waals surface area contributed by atoms with Gasteiger partial charge in [-0.2, -0.15) is 0 Å². The second-order valence-electron chi connectivity index (χ2n) is 3.52. The molecule has 0 aromatic heterocycles. The first kappa shape index (κ1) is 13.1. The zero-order valence-corrected chi connectivity index (χ0v) is 9.97. The smallest absolute Gasteiger partial charge is 0.336 e. The van der Waals surface area contributed by atoms with E-state index < -0.39 is 5.97 Å². The lowest BCUT2D eigenvalue weighted by Crippen LogP contribution is -2.07.